The van der Waals surface area contributed by atoms with Gasteiger partial charge in [-0.3, -0.25) is 14.5 Å². The highest BCUT2D eigenvalue weighted by Crippen LogP contribution is 2.35. The average molecular weight is 510 g/mol. The van der Waals surface area contributed by atoms with Crippen LogP contribution >= 0.6 is 11.8 Å². The molecule has 2 aliphatic rings. The van der Waals surface area contributed by atoms with Crippen molar-refractivity contribution in [2.45, 2.75) is 64.0 Å². The van der Waals surface area contributed by atoms with Gasteiger partial charge in [0, 0.05) is 29.5 Å². The van der Waals surface area contributed by atoms with Gasteiger partial charge in [-0.15, -0.1) is 11.8 Å². The van der Waals surface area contributed by atoms with Gasteiger partial charge in [0.1, 0.15) is 5.75 Å². The van der Waals surface area contributed by atoms with Crippen LogP contribution in [-0.4, -0.2) is 60.7 Å². The Morgan fingerprint density at radius 3 is 2.25 bits per heavy atom. The summed E-state index contributed by atoms with van der Waals surface area (Å²) >= 11 is 1.69. The quantitative estimate of drug-likeness (QED) is 0.310. The molecule has 0 unspecified atom stereocenters. The van der Waals surface area contributed by atoms with E-state index in [0.717, 1.165) is 61.6 Å². The number of Topliss-reactive ketones (excluding diaryl/α,β-unsaturated/α-hetero) is 2. The van der Waals surface area contributed by atoms with Crippen molar-refractivity contribution in [1.82, 2.24) is 4.90 Å². The van der Waals surface area contributed by atoms with Crippen LogP contribution in [0.4, 0.5) is 0 Å². The van der Waals surface area contributed by atoms with Crippen molar-refractivity contribution in [2.75, 3.05) is 32.6 Å². The number of hydrogen-bond donors (Lipinski definition) is 0. The van der Waals surface area contributed by atoms with E-state index in [4.69, 9.17) is 9.47 Å². The van der Waals surface area contributed by atoms with Crippen LogP contribution in [0.5, 0.6) is 5.75 Å². The molecule has 0 aliphatic carbocycles. The molecule has 4 rings (SSSR count). The second kappa shape index (κ2) is 11.1. The maximum atomic E-state index is 13.6. The van der Waals surface area contributed by atoms with Crippen LogP contribution in [0.2, 0.25) is 0 Å². The maximum Gasteiger partial charge on any atom is 0.172 e. The van der Waals surface area contributed by atoms with Crippen LogP contribution in [0.1, 0.15) is 54.2 Å². The first-order valence-corrected chi connectivity index (χ1v) is 14.1. The first kappa shape index (κ1) is 26.9. The molecule has 0 amide bonds. The van der Waals surface area contributed by atoms with Crippen molar-refractivity contribution < 1.29 is 19.1 Å². The van der Waals surface area contributed by atoms with E-state index >= 15 is 0 Å². The van der Waals surface area contributed by atoms with Crippen molar-refractivity contribution in [3.05, 3.63) is 58.7 Å². The molecule has 2 heterocycles. The third-order valence-electron chi connectivity index (χ3n) is 7.85. The van der Waals surface area contributed by atoms with Crippen molar-refractivity contribution >= 4 is 23.3 Å². The largest absolute Gasteiger partial charge is 0.480 e. The average Bonchev–Trinajstić information content (AvgIpc) is 3.21. The number of nitrogens with zero attached hydrogens (tertiary/aromatic N) is 1. The van der Waals surface area contributed by atoms with Crippen LogP contribution < -0.4 is 4.74 Å². The number of ether oxygens (including phenoxy) is 2. The number of likely N-dealkylation sites (tertiary alicyclic amines) is 1. The molecule has 6 heteroatoms. The summed E-state index contributed by atoms with van der Waals surface area (Å²) in [6.07, 6.45) is 3.92. The van der Waals surface area contributed by atoms with Crippen LogP contribution in [0.25, 0.3) is 0 Å². The Morgan fingerprint density at radius 2 is 1.72 bits per heavy atom. The summed E-state index contributed by atoms with van der Waals surface area (Å²) in [7, 11) is 0. The van der Waals surface area contributed by atoms with Gasteiger partial charge >= 0.3 is 0 Å². The third kappa shape index (κ3) is 5.87. The summed E-state index contributed by atoms with van der Waals surface area (Å²) in [6.45, 7) is 12.6. The van der Waals surface area contributed by atoms with Crippen LogP contribution in [0.3, 0.4) is 0 Å². The molecule has 0 bridgehead atoms. The smallest absolute Gasteiger partial charge is 0.172 e. The summed E-state index contributed by atoms with van der Waals surface area (Å²) in [6, 6.07) is 12.8. The van der Waals surface area contributed by atoms with E-state index in [-0.39, 0.29) is 17.5 Å². The maximum absolute atomic E-state index is 13.6. The van der Waals surface area contributed by atoms with Gasteiger partial charge in [0.25, 0.3) is 0 Å². The standard InChI is InChI=1S/C30H39NO4S/c1-19-13-22(14-20(2)29(19)35-30(4,5)21(3)32)7-8-24-15-31(25-17-34-18-25)16-27(24)28(33)23-9-11-26(36-6)12-10-23/h9-14,24-25,27H,7-8,15-18H2,1-6H3/t24-,27-/m0/s1. The second-order valence-corrected chi connectivity index (χ2v) is 11.8. The Hall–Kier alpha value is -2.15. The lowest BCUT2D eigenvalue weighted by molar-refractivity contribution is -0.129. The number of carbonyl (C=O) groups is 2. The zero-order valence-corrected chi connectivity index (χ0v) is 23.2. The van der Waals surface area contributed by atoms with Gasteiger partial charge in [0.2, 0.25) is 0 Å². The van der Waals surface area contributed by atoms with Gasteiger partial charge in [-0.25, -0.2) is 0 Å². The highest BCUT2D eigenvalue weighted by Gasteiger charge is 2.41. The summed E-state index contributed by atoms with van der Waals surface area (Å²) in [5, 5.41) is 0. The minimum Gasteiger partial charge on any atom is -0.480 e. The first-order valence-electron chi connectivity index (χ1n) is 12.9. The summed E-state index contributed by atoms with van der Waals surface area (Å²) in [5.74, 6) is 1.38. The summed E-state index contributed by atoms with van der Waals surface area (Å²) < 4.78 is 11.6. The lowest BCUT2D eigenvalue weighted by Gasteiger charge is -2.34. The minimum absolute atomic E-state index is 0.00632. The highest BCUT2D eigenvalue weighted by molar-refractivity contribution is 7.98. The molecule has 36 heavy (non-hydrogen) atoms. The molecule has 5 nitrogen and oxygen atoms in total. The molecular formula is C30H39NO4S. The van der Waals surface area contributed by atoms with E-state index in [2.05, 4.69) is 23.3 Å². The SMILES string of the molecule is CSc1ccc(C(=O)[C@H]2CN(C3COC3)C[C@@H]2CCc2cc(C)c(OC(C)(C)C(C)=O)c(C)c2)cc1. The van der Waals surface area contributed by atoms with Crippen LogP contribution in [-0.2, 0) is 16.0 Å². The Morgan fingerprint density at radius 1 is 1.08 bits per heavy atom. The molecule has 2 fully saturated rings. The number of carbonyl (C=O) groups excluding carboxylic acids is 2. The number of ketones is 2. The number of rotatable bonds is 10. The number of aryl methyl sites for hydroxylation is 3. The molecule has 0 radical (unpaired) electrons. The fourth-order valence-electron chi connectivity index (χ4n) is 5.22. The Bertz CT molecular complexity index is 1080. The number of benzene rings is 2. The molecule has 2 aromatic rings. The molecule has 2 atom stereocenters. The zero-order chi connectivity index (χ0) is 26.0. The third-order valence-corrected chi connectivity index (χ3v) is 8.59. The highest BCUT2D eigenvalue weighted by atomic mass is 32.2. The number of thioether (sulfide) groups is 1. The molecule has 0 saturated carbocycles. The van der Waals surface area contributed by atoms with Gasteiger partial charge < -0.3 is 9.47 Å². The molecule has 194 valence electrons. The second-order valence-electron chi connectivity index (χ2n) is 10.9. The Kier molecular flexibility index (Phi) is 8.28. The monoisotopic (exact) mass is 509 g/mol. The van der Waals surface area contributed by atoms with Gasteiger partial charge in [0.15, 0.2) is 17.2 Å². The van der Waals surface area contributed by atoms with E-state index in [0.29, 0.717) is 12.0 Å². The predicted octanol–water partition coefficient (Wildman–Crippen LogP) is 5.53. The van der Waals surface area contributed by atoms with Gasteiger partial charge in [0.05, 0.1) is 19.3 Å². The van der Waals surface area contributed by atoms with E-state index in [1.807, 2.05) is 52.0 Å². The molecular weight excluding hydrogens is 470 g/mol. The lowest BCUT2D eigenvalue weighted by atomic mass is 9.84. The molecule has 0 spiro atoms. The molecule has 0 aromatic heterocycles. The molecule has 2 aliphatic heterocycles. The van der Waals surface area contributed by atoms with Gasteiger partial charge in [-0.05, 0) is 88.5 Å². The summed E-state index contributed by atoms with van der Waals surface area (Å²) in [5.41, 5.74) is 3.30. The fourth-order valence-corrected chi connectivity index (χ4v) is 5.63. The van der Waals surface area contributed by atoms with E-state index in [9.17, 15) is 9.59 Å². The van der Waals surface area contributed by atoms with Crippen LogP contribution in [0, 0.1) is 25.7 Å². The zero-order valence-electron chi connectivity index (χ0n) is 22.4. The fraction of sp³-hybridized carbons (Fsp3) is 0.533. The first-order chi connectivity index (χ1) is 17.1. The normalized spacial score (nSPS) is 20.8. The predicted molar refractivity (Wildman–Crippen MR) is 145 cm³/mol. The van der Waals surface area contributed by atoms with E-state index < -0.39 is 5.60 Å². The van der Waals surface area contributed by atoms with Crippen molar-refractivity contribution in [3.63, 3.8) is 0 Å². The van der Waals surface area contributed by atoms with Crippen molar-refractivity contribution in [2.24, 2.45) is 11.8 Å². The van der Waals surface area contributed by atoms with Gasteiger partial charge in [-0.2, -0.15) is 0 Å². The Balaban J connectivity index is 1.48. The van der Waals surface area contributed by atoms with E-state index in [1.54, 1.807) is 18.7 Å². The summed E-state index contributed by atoms with van der Waals surface area (Å²) in [4.78, 5) is 29.2. The van der Waals surface area contributed by atoms with Crippen molar-refractivity contribution in [3.8, 4) is 5.75 Å². The lowest BCUT2D eigenvalue weighted by Crippen LogP contribution is -2.48. The Labute approximate surface area is 219 Å². The molecule has 0 N–H and O–H groups in total. The van der Waals surface area contributed by atoms with E-state index in [1.165, 1.54) is 10.5 Å². The number of hydrogen-bond acceptors (Lipinski definition) is 6. The molecule has 2 aromatic carbocycles. The molecule has 2 saturated heterocycles. The van der Waals surface area contributed by atoms with Gasteiger partial charge in [-0.1, -0.05) is 24.3 Å². The minimum atomic E-state index is -0.850. The van der Waals surface area contributed by atoms with Crippen molar-refractivity contribution in [1.29, 1.82) is 0 Å². The topological polar surface area (TPSA) is 55.8 Å². The van der Waals surface area contributed by atoms with Crippen LogP contribution in [0.15, 0.2) is 41.3 Å².